The van der Waals surface area contributed by atoms with Gasteiger partial charge in [0.15, 0.2) is 0 Å². The summed E-state index contributed by atoms with van der Waals surface area (Å²) in [4.78, 5) is 20.9. The topological polar surface area (TPSA) is 117 Å². The maximum Gasteiger partial charge on any atom is 2.00 e. The van der Waals surface area contributed by atoms with Gasteiger partial charge in [-0.1, -0.05) is 0 Å². The van der Waals surface area contributed by atoms with E-state index in [2.05, 4.69) is 18.1 Å². The van der Waals surface area contributed by atoms with Crippen molar-refractivity contribution in [2.75, 3.05) is 0 Å². The molecule has 19 heavy (non-hydrogen) atoms. The second-order valence-corrected chi connectivity index (χ2v) is 6.77. The average molecular weight is 439 g/mol. The van der Waals surface area contributed by atoms with E-state index in [4.69, 9.17) is 0 Å². The van der Waals surface area contributed by atoms with Crippen molar-refractivity contribution in [3.05, 3.63) is 0 Å². The van der Waals surface area contributed by atoms with E-state index in [9.17, 15) is 18.9 Å². The molecule has 2 aliphatic rings. The molecule has 11 heteroatoms. The third kappa shape index (κ3) is 7.06. The van der Waals surface area contributed by atoms with Gasteiger partial charge in [0.1, 0.15) is 0 Å². The summed E-state index contributed by atoms with van der Waals surface area (Å²) in [6.07, 6.45) is -1.36. The number of hydrogen-bond acceptors (Lipinski definition) is 8. The largest absolute Gasteiger partial charge is 2.00 e. The van der Waals surface area contributed by atoms with Crippen molar-refractivity contribution in [3.63, 3.8) is 0 Å². The van der Waals surface area contributed by atoms with Crippen LogP contribution < -0.4 is 9.79 Å². The zero-order valence-electron chi connectivity index (χ0n) is 11.2. The van der Waals surface area contributed by atoms with Crippen molar-refractivity contribution < 1.29 is 37.0 Å². The molecular weight excluding hydrogens is 423 g/mol. The van der Waals surface area contributed by atoms with Gasteiger partial charge in [0.25, 0.3) is 15.6 Å². The van der Waals surface area contributed by atoms with Crippen LogP contribution >= 0.6 is 15.6 Å². The van der Waals surface area contributed by atoms with Crippen LogP contribution in [-0.2, 0) is 27.2 Å². The van der Waals surface area contributed by atoms with E-state index in [0.717, 1.165) is 0 Å². The van der Waals surface area contributed by atoms with Gasteiger partial charge in [-0.25, -0.2) is 0 Å². The van der Waals surface area contributed by atoms with Crippen LogP contribution in [0.2, 0.25) is 0 Å². The molecule has 4 unspecified atom stereocenters. The van der Waals surface area contributed by atoms with Crippen molar-refractivity contribution >= 4 is 64.5 Å². The molecule has 0 spiro atoms. The van der Waals surface area contributed by atoms with Crippen molar-refractivity contribution in [2.24, 2.45) is 0 Å². The maximum atomic E-state index is 10.4. The Bertz CT molecular complexity index is 327. The normalized spacial score (nSPS) is 49.2. The molecule has 0 saturated carbocycles. The Morgan fingerprint density at radius 2 is 0.842 bits per heavy atom. The van der Waals surface area contributed by atoms with Crippen LogP contribution in [0.3, 0.4) is 0 Å². The predicted octanol–water partition coefficient (Wildman–Crippen LogP) is 0.176. The van der Waals surface area contributed by atoms with Crippen LogP contribution in [0.5, 0.6) is 0 Å². The third-order valence-corrected chi connectivity index (χ3v) is 4.87. The van der Waals surface area contributed by atoms with Crippen LogP contribution in [-0.4, -0.2) is 73.3 Å². The summed E-state index contributed by atoms with van der Waals surface area (Å²) in [6, 6.07) is 0. The molecule has 2 aliphatic heterocycles. The van der Waals surface area contributed by atoms with E-state index in [-0.39, 0.29) is 73.3 Å². The number of phosphoric acid groups is 2. The van der Waals surface area contributed by atoms with Crippen molar-refractivity contribution in [3.8, 4) is 0 Å². The molecule has 0 radical (unpaired) electrons. The summed E-state index contributed by atoms with van der Waals surface area (Å²) in [5, 5.41) is 0. The second kappa shape index (κ2) is 7.87. The SMILES string of the molecule is CC1OP(=O)([O-])OC1C.CC1OP(=O)([O-])OC1C.[Ba+2]. The summed E-state index contributed by atoms with van der Waals surface area (Å²) in [6.45, 7) is 6.62. The zero-order chi connectivity index (χ0) is 14.1. The fourth-order valence-electron chi connectivity index (χ4n) is 1.21. The van der Waals surface area contributed by atoms with Crippen LogP contribution in [0.1, 0.15) is 27.7 Å². The maximum absolute atomic E-state index is 10.4. The second-order valence-electron chi connectivity index (χ2n) is 4.14. The van der Waals surface area contributed by atoms with E-state index < -0.39 is 15.6 Å². The first-order valence-electron chi connectivity index (χ1n) is 5.38. The number of hydrogen-bond donors (Lipinski definition) is 0. The zero-order valence-corrected chi connectivity index (χ0v) is 17.4. The van der Waals surface area contributed by atoms with Gasteiger partial charge in [0.05, 0.1) is 24.4 Å². The standard InChI is InChI=1S/2C4H9O4P.Ba/c2*1-3-4(2)8-9(5,6)7-3;/h2*3-4H,1-2H3,(H,5,6);/q;;+2/p-2. The quantitative estimate of drug-likeness (QED) is 0.387. The first-order chi connectivity index (χ1) is 8.02. The molecule has 0 N–H and O–H groups in total. The van der Waals surface area contributed by atoms with Gasteiger partial charge >= 0.3 is 48.9 Å². The van der Waals surface area contributed by atoms with Gasteiger partial charge in [-0.05, 0) is 27.7 Å². The number of phosphoric ester groups is 2. The molecule has 2 rings (SSSR count). The predicted molar refractivity (Wildman–Crippen MR) is 63.2 cm³/mol. The minimum atomic E-state index is -3.91. The Morgan fingerprint density at radius 1 is 0.684 bits per heavy atom. The van der Waals surface area contributed by atoms with E-state index >= 15 is 0 Å². The van der Waals surface area contributed by atoms with Crippen molar-refractivity contribution in [1.29, 1.82) is 0 Å². The summed E-state index contributed by atoms with van der Waals surface area (Å²) >= 11 is 0. The van der Waals surface area contributed by atoms with Crippen LogP contribution in [0, 0.1) is 0 Å². The fraction of sp³-hybridized carbons (Fsp3) is 1.00. The van der Waals surface area contributed by atoms with Crippen molar-refractivity contribution in [1.82, 2.24) is 0 Å². The van der Waals surface area contributed by atoms with Gasteiger partial charge in [-0.3, -0.25) is 9.13 Å². The van der Waals surface area contributed by atoms with E-state index in [1.807, 2.05) is 0 Å². The minimum Gasteiger partial charge on any atom is -0.756 e. The summed E-state index contributed by atoms with van der Waals surface area (Å²) in [5.74, 6) is 0. The Balaban J connectivity index is 0.000000324. The molecule has 0 bridgehead atoms. The Labute approximate surface area is 152 Å². The van der Waals surface area contributed by atoms with Gasteiger partial charge in [-0.15, -0.1) is 0 Å². The fourth-order valence-corrected chi connectivity index (χ4v) is 3.62. The smallest absolute Gasteiger partial charge is 0.756 e. The molecule has 2 heterocycles. The minimum absolute atomic E-state index is 0. The molecule has 0 aromatic carbocycles. The molecule has 8 nitrogen and oxygen atoms in total. The molecule has 108 valence electrons. The molecule has 0 aromatic rings. The summed E-state index contributed by atoms with van der Waals surface area (Å²) < 4.78 is 38.6. The molecule has 0 aromatic heterocycles. The van der Waals surface area contributed by atoms with Gasteiger partial charge in [-0.2, -0.15) is 0 Å². The van der Waals surface area contributed by atoms with E-state index in [1.54, 1.807) is 27.7 Å². The van der Waals surface area contributed by atoms with E-state index in [0.29, 0.717) is 0 Å². The monoisotopic (exact) mass is 440 g/mol. The Kier molecular flexibility index (Phi) is 8.62. The van der Waals surface area contributed by atoms with Crippen LogP contribution in [0.25, 0.3) is 0 Å². The van der Waals surface area contributed by atoms with Gasteiger partial charge in [0, 0.05) is 0 Å². The van der Waals surface area contributed by atoms with E-state index in [1.165, 1.54) is 0 Å². The molecular formula is C8H16BaO8P2. The molecule has 0 amide bonds. The Hall–Kier alpha value is 1.79. The van der Waals surface area contributed by atoms with Crippen LogP contribution in [0.4, 0.5) is 0 Å². The summed E-state index contributed by atoms with van der Waals surface area (Å²) in [5.41, 5.74) is 0. The molecule has 4 atom stereocenters. The molecule has 0 aliphatic carbocycles. The van der Waals surface area contributed by atoms with Gasteiger partial charge < -0.3 is 27.9 Å². The first-order valence-corrected chi connectivity index (χ1v) is 8.30. The first kappa shape index (κ1) is 20.8. The van der Waals surface area contributed by atoms with Crippen molar-refractivity contribution in [2.45, 2.75) is 52.1 Å². The average Bonchev–Trinajstić information content (AvgIpc) is 2.49. The molecule has 2 fully saturated rings. The number of rotatable bonds is 0. The Morgan fingerprint density at radius 3 is 0.895 bits per heavy atom. The summed E-state index contributed by atoms with van der Waals surface area (Å²) in [7, 11) is -7.81. The van der Waals surface area contributed by atoms with Gasteiger partial charge in [0.2, 0.25) is 0 Å². The molecule has 2 saturated heterocycles. The van der Waals surface area contributed by atoms with Crippen LogP contribution in [0.15, 0.2) is 0 Å². The third-order valence-electron chi connectivity index (χ3n) is 2.50.